The number of nitrogens with one attached hydrogen (secondary N) is 1. The summed E-state index contributed by atoms with van der Waals surface area (Å²) in [6.07, 6.45) is -0.0608. The number of carbonyl (C=O) groups excluding carboxylic acids is 1. The molecule has 0 aromatic heterocycles. The summed E-state index contributed by atoms with van der Waals surface area (Å²) in [5.74, 6) is 0.526. The van der Waals surface area contributed by atoms with Gasteiger partial charge in [0.15, 0.2) is 0 Å². The Morgan fingerprint density at radius 2 is 2.00 bits per heavy atom. The molecule has 1 aliphatic rings. The third kappa shape index (κ3) is 4.81. The quantitative estimate of drug-likeness (QED) is 0.885. The van der Waals surface area contributed by atoms with Crippen LogP contribution in [0.15, 0.2) is 54.6 Å². The molecule has 1 saturated heterocycles. The molecule has 1 N–H and O–H groups in total. The Bertz CT molecular complexity index is 653. The third-order valence-electron chi connectivity index (χ3n) is 3.71. The zero-order chi connectivity index (χ0) is 16.6. The van der Waals surface area contributed by atoms with Gasteiger partial charge in [-0.15, -0.1) is 0 Å². The van der Waals surface area contributed by atoms with Gasteiger partial charge in [-0.05, 0) is 23.8 Å². The van der Waals surface area contributed by atoms with E-state index in [1.807, 2.05) is 42.5 Å². The summed E-state index contributed by atoms with van der Waals surface area (Å²) in [7, 11) is 0. The fourth-order valence-electron chi connectivity index (χ4n) is 2.43. The van der Waals surface area contributed by atoms with Gasteiger partial charge < -0.3 is 19.5 Å². The summed E-state index contributed by atoms with van der Waals surface area (Å²) < 4.78 is 16.6. The van der Waals surface area contributed by atoms with Crippen LogP contribution in [0.5, 0.6) is 5.75 Å². The fraction of sp³-hybridized carbons (Fsp3) is 0.316. The topological polar surface area (TPSA) is 56.8 Å². The normalized spacial score (nSPS) is 17.2. The SMILES string of the molecule is O=C(NCc1ccccc1)c1cccc(OCC2COCCO2)c1. The maximum atomic E-state index is 12.3. The van der Waals surface area contributed by atoms with Gasteiger partial charge >= 0.3 is 0 Å². The molecule has 1 unspecified atom stereocenters. The Morgan fingerprint density at radius 1 is 1.12 bits per heavy atom. The zero-order valence-electron chi connectivity index (χ0n) is 13.4. The van der Waals surface area contributed by atoms with Crippen LogP contribution in [0.1, 0.15) is 15.9 Å². The minimum absolute atomic E-state index is 0.0608. The van der Waals surface area contributed by atoms with Crippen molar-refractivity contribution in [2.75, 3.05) is 26.4 Å². The summed E-state index contributed by atoms with van der Waals surface area (Å²) in [6, 6.07) is 17.0. The minimum Gasteiger partial charge on any atom is -0.491 e. The van der Waals surface area contributed by atoms with Crippen LogP contribution in [0.4, 0.5) is 0 Å². The number of carbonyl (C=O) groups is 1. The van der Waals surface area contributed by atoms with Gasteiger partial charge in [-0.3, -0.25) is 4.79 Å². The Balaban J connectivity index is 1.52. The average Bonchev–Trinajstić information content (AvgIpc) is 2.66. The van der Waals surface area contributed by atoms with Crippen molar-refractivity contribution in [3.8, 4) is 5.75 Å². The van der Waals surface area contributed by atoms with E-state index in [0.717, 1.165) is 5.56 Å². The lowest BCUT2D eigenvalue weighted by molar-refractivity contribution is -0.101. The maximum absolute atomic E-state index is 12.3. The standard InChI is InChI=1S/C19H21NO4/c21-19(20-12-15-5-2-1-3-6-15)16-7-4-8-17(11-16)24-14-18-13-22-9-10-23-18/h1-8,11,18H,9-10,12-14H2,(H,20,21). The monoisotopic (exact) mass is 327 g/mol. The number of hydrogen-bond donors (Lipinski definition) is 1. The number of benzene rings is 2. The summed E-state index contributed by atoms with van der Waals surface area (Å²) >= 11 is 0. The Labute approximate surface area is 141 Å². The van der Waals surface area contributed by atoms with Crippen LogP contribution < -0.4 is 10.1 Å². The van der Waals surface area contributed by atoms with Gasteiger partial charge in [-0.25, -0.2) is 0 Å². The van der Waals surface area contributed by atoms with E-state index in [1.54, 1.807) is 12.1 Å². The minimum atomic E-state index is -0.124. The molecule has 1 aliphatic heterocycles. The van der Waals surface area contributed by atoms with Crippen LogP contribution in [-0.2, 0) is 16.0 Å². The van der Waals surface area contributed by atoms with Crippen molar-refractivity contribution in [3.63, 3.8) is 0 Å². The van der Waals surface area contributed by atoms with Crippen molar-refractivity contribution in [3.05, 3.63) is 65.7 Å². The number of rotatable bonds is 6. The third-order valence-corrected chi connectivity index (χ3v) is 3.71. The highest BCUT2D eigenvalue weighted by Gasteiger charge is 2.15. The molecule has 0 radical (unpaired) electrons. The fourth-order valence-corrected chi connectivity index (χ4v) is 2.43. The molecule has 126 valence electrons. The van der Waals surface area contributed by atoms with Crippen LogP contribution in [0.2, 0.25) is 0 Å². The highest BCUT2D eigenvalue weighted by Crippen LogP contribution is 2.15. The van der Waals surface area contributed by atoms with Crippen LogP contribution in [0.25, 0.3) is 0 Å². The van der Waals surface area contributed by atoms with Crippen LogP contribution in [-0.4, -0.2) is 38.4 Å². The first kappa shape index (κ1) is 16.5. The van der Waals surface area contributed by atoms with Crippen molar-refractivity contribution in [1.82, 2.24) is 5.32 Å². The second-order valence-corrected chi connectivity index (χ2v) is 5.57. The highest BCUT2D eigenvalue weighted by molar-refractivity contribution is 5.94. The van der Waals surface area contributed by atoms with Crippen LogP contribution >= 0.6 is 0 Å². The van der Waals surface area contributed by atoms with Crippen molar-refractivity contribution in [1.29, 1.82) is 0 Å². The van der Waals surface area contributed by atoms with Gasteiger partial charge in [0.25, 0.3) is 5.91 Å². The largest absolute Gasteiger partial charge is 0.491 e. The van der Waals surface area contributed by atoms with Crippen molar-refractivity contribution in [2.45, 2.75) is 12.6 Å². The summed E-state index contributed by atoms with van der Waals surface area (Å²) in [5, 5.41) is 2.91. The molecule has 1 fully saturated rings. The highest BCUT2D eigenvalue weighted by atomic mass is 16.6. The predicted molar refractivity (Wildman–Crippen MR) is 90.1 cm³/mol. The maximum Gasteiger partial charge on any atom is 0.251 e. The predicted octanol–water partition coefficient (Wildman–Crippen LogP) is 2.41. The Kier molecular flexibility index (Phi) is 5.82. The molecule has 0 saturated carbocycles. The van der Waals surface area contributed by atoms with Gasteiger partial charge in [0.1, 0.15) is 18.5 Å². The van der Waals surface area contributed by atoms with E-state index in [9.17, 15) is 4.79 Å². The lowest BCUT2D eigenvalue weighted by atomic mass is 10.2. The molecule has 0 spiro atoms. The molecule has 1 heterocycles. The number of ether oxygens (including phenoxy) is 3. The second-order valence-electron chi connectivity index (χ2n) is 5.57. The molecular weight excluding hydrogens is 306 g/mol. The second kappa shape index (κ2) is 8.47. The van der Waals surface area contributed by atoms with Crippen molar-refractivity contribution in [2.24, 2.45) is 0 Å². The van der Waals surface area contributed by atoms with Gasteiger partial charge in [-0.2, -0.15) is 0 Å². The first-order valence-corrected chi connectivity index (χ1v) is 8.05. The van der Waals surface area contributed by atoms with Gasteiger partial charge in [0, 0.05) is 12.1 Å². The van der Waals surface area contributed by atoms with E-state index in [2.05, 4.69) is 5.32 Å². The smallest absolute Gasteiger partial charge is 0.251 e. The molecule has 1 amide bonds. The Morgan fingerprint density at radius 3 is 2.79 bits per heavy atom. The van der Waals surface area contributed by atoms with Gasteiger partial charge in [0.2, 0.25) is 0 Å². The van der Waals surface area contributed by atoms with E-state index in [1.165, 1.54) is 0 Å². The van der Waals surface area contributed by atoms with Crippen molar-refractivity contribution >= 4 is 5.91 Å². The van der Waals surface area contributed by atoms with E-state index < -0.39 is 0 Å². The lowest BCUT2D eigenvalue weighted by Gasteiger charge is -2.23. The zero-order valence-corrected chi connectivity index (χ0v) is 13.4. The molecule has 1 atom stereocenters. The number of hydrogen-bond acceptors (Lipinski definition) is 4. The van der Waals surface area contributed by atoms with E-state index >= 15 is 0 Å². The number of amides is 1. The molecule has 24 heavy (non-hydrogen) atoms. The van der Waals surface area contributed by atoms with Crippen LogP contribution in [0.3, 0.4) is 0 Å². The first-order chi connectivity index (χ1) is 11.8. The molecule has 0 bridgehead atoms. The van der Waals surface area contributed by atoms with Crippen molar-refractivity contribution < 1.29 is 19.0 Å². The molecular formula is C19H21NO4. The van der Waals surface area contributed by atoms with E-state index in [0.29, 0.717) is 44.3 Å². The molecule has 2 aromatic carbocycles. The summed E-state index contributed by atoms with van der Waals surface area (Å²) in [6.45, 7) is 2.67. The van der Waals surface area contributed by atoms with Gasteiger partial charge in [-0.1, -0.05) is 36.4 Å². The lowest BCUT2D eigenvalue weighted by Crippen LogP contribution is -2.33. The molecule has 2 aromatic rings. The average molecular weight is 327 g/mol. The van der Waals surface area contributed by atoms with E-state index in [-0.39, 0.29) is 12.0 Å². The van der Waals surface area contributed by atoms with Gasteiger partial charge in [0.05, 0.1) is 19.8 Å². The Hall–Kier alpha value is -2.37. The first-order valence-electron chi connectivity index (χ1n) is 8.05. The molecule has 0 aliphatic carbocycles. The molecule has 5 nitrogen and oxygen atoms in total. The summed E-state index contributed by atoms with van der Waals surface area (Å²) in [4.78, 5) is 12.3. The molecule has 3 rings (SSSR count). The molecule has 5 heteroatoms. The van der Waals surface area contributed by atoms with E-state index in [4.69, 9.17) is 14.2 Å². The summed E-state index contributed by atoms with van der Waals surface area (Å²) in [5.41, 5.74) is 1.64. The van der Waals surface area contributed by atoms with Crippen LogP contribution in [0, 0.1) is 0 Å².